The molecule has 2 aromatic rings. The first kappa shape index (κ1) is 13.9. The SMILES string of the molecule is CN(C(=O)c1ccc2nccnc2c1)C1CC[NH+](C)CC1. The van der Waals surface area contributed by atoms with Crippen LogP contribution in [0.2, 0.25) is 0 Å². The van der Waals surface area contributed by atoms with Gasteiger partial charge in [-0.3, -0.25) is 14.8 Å². The van der Waals surface area contributed by atoms with Crippen LogP contribution in [0.4, 0.5) is 0 Å². The van der Waals surface area contributed by atoms with E-state index in [-0.39, 0.29) is 5.91 Å². The highest BCUT2D eigenvalue weighted by atomic mass is 16.2. The first-order valence-electron chi connectivity index (χ1n) is 7.44. The molecule has 1 aliphatic rings. The Kier molecular flexibility index (Phi) is 3.84. The van der Waals surface area contributed by atoms with Crippen molar-refractivity contribution in [2.45, 2.75) is 18.9 Å². The molecule has 3 rings (SSSR count). The number of amides is 1. The molecule has 0 bridgehead atoms. The number of carbonyl (C=O) groups excluding carboxylic acids is 1. The van der Waals surface area contributed by atoms with Crippen molar-refractivity contribution in [3.8, 4) is 0 Å². The lowest BCUT2D eigenvalue weighted by molar-refractivity contribution is -0.885. The molecule has 0 aliphatic carbocycles. The Morgan fingerprint density at radius 2 is 1.86 bits per heavy atom. The van der Waals surface area contributed by atoms with Crippen molar-refractivity contribution in [1.29, 1.82) is 0 Å². The van der Waals surface area contributed by atoms with Crippen LogP contribution < -0.4 is 4.90 Å². The Bertz CT molecular complexity index is 650. The third kappa shape index (κ3) is 2.88. The molecule has 1 aromatic heterocycles. The van der Waals surface area contributed by atoms with Crippen molar-refractivity contribution in [1.82, 2.24) is 14.9 Å². The number of nitrogens with one attached hydrogen (secondary N) is 1. The molecule has 1 amide bonds. The minimum atomic E-state index is 0.0760. The van der Waals surface area contributed by atoms with Crippen molar-refractivity contribution < 1.29 is 9.69 Å². The number of piperidine rings is 1. The topological polar surface area (TPSA) is 50.5 Å². The third-order valence-electron chi connectivity index (χ3n) is 4.39. The molecule has 2 heterocycles. The van der Waals surface area contributed by atoms with Gasteiger partial charge in [-0.1, -0.05) is 0 Å². The van der Waals surface area contributed by atoms with Gasteiger partial charge in [-0.25, -0.2) is 0 Å². The summed E-state index contributed by atoms with van der Waals surface area (Å²) >= 11 is 0. The van der Waals surface area contributed by atoms with Gasteiger partial charge >= 0.3 is 0 Å². The Labute approximate surface area is 124 Å². The zero-order valence-electron chi connectivity index (χ0n) is 12.5. The fourth-order valence-electron chi connectivity index (χ4n) is 2.95. The van der Waals surface area contributed by atoms with E-state index in [0.29, 0.717) is 11.6 Å². The van der Waals surface area contributed by atoms with Crippen molar-refractivity contribution in [3.05, 3.63) is 36.2 Å². The Morgan fingerprint density at radius 1 is 1.19 bits per heavy atom. The number of nitrogens with zero attached hydrogens (tertiary/aromatic N) is 3. The number of rotatable bonds is 2. The predicted octanol–water partition coefficient (Wildman–Crippen LogP) is 0.379. The highest BCUT2D eigenvalue weighted by Crippen LogP contribution is 2.16. The fraction of sp³-hybridized carbons (Fsp3) is 0.438. The van der Waals surface area contributed by atoms with E-state index in [4.69, 9.17) is 0 Å². The molecule has 21 heavy (non-hydrogen) atoms. The number of aromatic nitrogens is 2. The van der Waals surface area contributed by atoms with Crippen LogP contribution in [-0.2, 0) is 0 Å². The quantitative estimate of drug-likeness (QED) is 0.868. The monoisotopic (exact) mass is 285 g/mol. The van der Waals surface area contributed by atoms with Crippen LogP contribution in [0.1, 0.15) is 23.2 Å². The van der Waals surface area contributed by atoms with Gasteiger partial charge in [-0.2, -0.15) is 0 Å². The second kappa shape index (κ2) is 5.77. The van der Waals surface area contributed by atoms with Crippen LogP contribution in [0.15, 0.2) is 30.6 Å². The number of fused-ring (bicyclic) bond motifs is 1. The summed E-state index contributed by atoms with van der Waals surface area (Å²) < 4.78 is 0. The summed E-state index contributed by atoms with van der Waals surface area (Å²) in [7, 11) is 4.12. The van der Waals surface area contributed by atoms with Crippen LogP contribution in [-0.4, -0.2) is 54.0 Å². The number of likely N-dealkylation sites (tertiary alicyclic amines) is 1. The summed E-state index contributed by atoms with van der Waals surface area (Å²) in [6, 6.07) is 5.89. The lowest BCUT2D eigenvalue weighted by Crippen LogP contribution is -3.10. The molecule has 0 radical (unpaired) electrons. The molecule has 1 saturated heterocycles. The molecule has 1 N–H and O–H groups in total. The van der Waals surface area contributed by atoms with Crippen molar-refractivity contribution in [3.63, 3.8) is 0 Å². The molecule has 0 atom stereocenters. The number of hydrogen-bond acceptors (Lipinski definition) is 3. The van der Waals surface area contributed by atoms with E-state index in [9.17, 15) is 4.79 Å². The predicted molar refractivity (Wildman–Crippen MR) is 81.3 cm³/mol. The lowest BCUT2D eigenvalue weighted by Gasteiger charge is -2.33. The summed E-state index contributed by atoms with van der Waals surface area (Å²) in [5.74, 6) is 0.0760. The van der Waals surface area contributed by atoms with E-state index < -0.39 is 0 Å². The van der Waals surface area contributed by atoms with E-state index in [1.54, 1.807) is 17.3 Å². The summed E-state index contributed by atoms with van der Waals surface area (Å²) in [4.78, 5) is 24.6. The van der Waals surface area contributed by atoms with Crippen LogP contribution in [0, 0.1) is 0 Å². The van der Waals surface area contributed by atoms with E-state index in [0.717, 1.165) is 37.0 Å². The van der Waals surface area contributed by atoms with Crippen LogP contribution in [0.3, 0.4) is 0 Å². The highest BCUT2D eigenvalue weighted by Gasteiger charge is 2.26. The second-order valence-electron chi connectivity index (χ2n) is 5.86. The van der Waals surface area contributed by atoms with Gasteiger partial charge in [0.25, 0.3) is 5.91 Å². The summed E-state index contributed by atoms with van der Waals surface area (Å²) in [6.45, 7) is 2.26. The summed E-state index contributed by atoms with van der Waals surface area (Å²) in [5.41, 5.74) is 2.28. The average molecular weight is 285 g/mol. The maximum absolute atomic E-state index is 12.6. The van der Waals surface area contributed by atoms with E-state index in [1.165, 1.54) is 0 Å². The van der Waals surface area contributed by atoms with Gasteiger partial charge in [-0.05, 0) is 18.2 Å². The van der Waals surface area contributed by atoms with Gasteiger partial charge in [0.15, 0.2) is 0 Å². The van der Waals surface area contributed by atoms with Gasteiger partial charge in [-0.15, -0.1) is 0 Å². The van der Waals surface area contributed by atoms with Gasteiger partial charge in [0.05, 0.1) is 31.2 Å². The van der Waals surface area contributed by atoms with Gasteiger partial charge in [0, 0.05) is 43.9 Å². The van der Waals surface area contributed by atoms with Crippen LogP contribution in [0.25, 0.3) is 11.0 Å². The molecule has 0 spiro atoms. The second-order valence-corrected chi connectivity index (χ2v) is 5.86. The maximum atomic E-state index is 12.6. The van der Waals surface area contributed by atoms with Crippen molar-refractivity contribution in [2.75, 3.05) is 27.2 Å². The smallest absolute Gasteiger partial charge is 0.253 e. The minimum absolute atomic E-state index is 0.0760. The highest BCUT2D eigenvalue weighted by molar-refractivity contribution is 5.97. The molecule has 5 nitrogen and oxygen atoms in total. The Hall–Kier alpha value is -2.01. The van der Waals surface area contributed by atoms with Crippen LogP contribution in [0.5, 0.6) is 0 Å². The van der Waals surface area contributed by atoms with E-state index in [1.807, 2.05) is 30.1 Å². The maximum Gasteiger partial charge on any atom is 0.253 e. The minimum Gasteiger partial charge on any atom is -0.338 e. The Balaban J connectivity index is 1.79. The van der Waals surface area contributed by atoms with E-state index >= 15 is 0 Å². The molecular weight excluding hydrogens is 264 g/mol. The molecule has 1 aliphatic heterocycles. The summed E-state index contributed by atoms with van der Waals surface area (Å²) in [6.07, 6.45) is 5.46. The van der Waals surface area contributed by atoms with Gasteiger partial charge in [0.1, 0.15) is 0 Å². The normalized spacial score (nSPS) is 22.2. The van der Waals surface area contributed by atoms with E-state index in [2.05, 4.69) is 17.0 Å². The Morgan fingerprint density at radius 3 is 2.57 bits per heavy atom. The number of hydrogen-bond donors (Lipinski definition) is 1. The first-order valence-corrected chi connectivity index (χ1v) is 7.44. The van der Waals surface area contributed by atoms with Crippen LogP contribution >= 0.6 is 0 Å². The van der Waals surface area contributed by atoms with Crippen molar-refractivity contribution >= 4 is 16.9 Å². The third-order valence-corrected chi connectivity index (χ3v) is 4.39. The average Bonchev–Trinajstić information content (AvgIpc) is 2.54. The van der Waals surface area contributed by atoms with Gasteiger partial charge in [0.2, 0.25) is 0 Å². The molecule has 110 valence electrons. The molecule has 5 heteroatoms. The zero-order chi connectivity index (χ0) is 14.8. The largest absolute Gasteiger partial charge is 0.338 e. The molecule has 1 aromatic carbocycles. The number of quaternary nitrogens is 1. The lowest BCUT2D eigenvalue weighted by atomic mass is 10.0. The molecule has 1 fully saturated rings. The number of benzene rings is 1. The van der Waals surface area contributed by atoms with Gasteiger partial charge < -0.3 is 9.80 Å². The first-order chi connectivity index (χ1) is 10.1. The fourth-order valence-corrected chi connectivity index (χ4v) is 2.95. The standard InChI is InChI=1S/C16H20N4O/c1-19-9-5-13(6-10-19)20(2)16(21)12-3-4-14-15(11-12)18-8-7-17-14/h3-4,7-8,11,13H,5-6,9-10H2,1-2H3/p+1. The number of carbonyl (C=O) groups is 1. The summed E-state index contributed by atoms with van der Waals surface area (Å²) in [5, 5.41) is 0. The zero-order valence-corrected chi connectivity index (χ0v) is 12.5. The van der Waals surface area contributed by atoms with Crippen molar-refractivity contribution in [2.24, 2.45) is 0 Å². The molecule has 0 unspecified atom stereocenters. The molecule has 0 saturated carbocycles. The molecular formula is C16H21N4O+.